The van der Waals surface area contributed by atoms with E-state index >= 15 is 0 Å². The van der Waals surface area contributed by atoms with Crippen LogP contribution in [0.25, 0.3) is 0 Å². The van der Waals surface area contributed by atoms with Gasteiger partial charge in [-0.25, -0.2) is 0 Å². The van der Waals surface area contributed by atoms with Crippen LogP contribution in [0.3, 0.4) is 0 Å². The van der Waals surface area contributed by atoms with E-state index in [0.717, 1.165) is 0 Å². The predicted octanol–water partition coefficient (Wildman–Crippen LogP) is 3.50. The molecule has 0 aliphatic heterocycles. The van der Waals surface area contributed by atoms with Crippen molar-refractivity contribution in [2.24, 2.45) is 5.92 Å². The normalized spacial score (nSPS) is 12.3. The summed E-state index contributed by atoms with van der Waals surface area (Å²) in [6.45, 7) is 7.17. The van der Waals surface area contributed by atoms with E-state index in [1.54, 1.807) is 45.9 Å². The van der Waals surface area contributed by atoms with Gasteiger partial charge in [0.25, 0.3) is 0 Å². The van der Waals surface area contributed by atoms with Crippen LogP contribution in [-0.4, -0.2) is 18.0 Å². The molecular formula is C16H22ClNO3. The number of carbonyl (C=O) groups is 2. The molecule has 0 fully saturated rings. The number of amides is 1. The number of esters is 1. The molecule has 5 heteroatoms. The van der Waals surface area contributed by atoms with E-state index in [9.17, 15) is 9.59 Å². The summed E-state index contributed by atoms with van der Waals surface area (Å²) < 4.78 is 5.15. The quantitative estimate of drug-likeness (QED) is 0.818. The molecule has 1 N–H and O–H groups in total. The average Bonchev–Trinajstić information content (AvgIpc) is 2.37. The first kappa shape index (κ1) is 17.5. The van der Waals surface area contributed by atoms with Gasteiger partial charge in [-0.15, -0.1) is 0 Å². The Balaban J connectivity index is 2.92. The SMILES string of the molecule is CC(C)OC(=O)CC(NC(=O)C(C)C)c1ccccc1Cl. The largest absolute Gasteiger partial charge is 0.463 e. The molecule has 0 saturated heterocycles. The van der Waals surface area contributed by atoms with E-state index in [0.29, 0.717) is 10.6 Å². The fraction of sp³-hybridized carbons (Fsp3) is 0.500. The van der Waals surface area contributed by atoms with Crippen LogP contribution in [0.4, 0.5) is 0 Å². The lowest BCUT2D eigenvalue weighted by Crippen LogP contribution is -2.34. The molecule has 0 bridgehead atoms. The summed E-state index contributed by atoms with van der Waals surface area (Å²) in [5.41, 5.74) is 0.717. The maximum absolute atomic E-state index is 11.9. The first-order chi connectivity index (χ1) is 9.81. The average molecular weight is 312 g/mol. The van der Waals surface area contributed by atoms with Gasteiger partial charge in [-0.05, 0) is 25.5 Å². The topological polar surface area (TPSA) is 55.4 Å². The number of halogens is 1. The molecule has 0 aliphatic rings. The van der Waals surface area contributed by atoms with Gasteiger partial charge in [0.15, 0.2) is 0 Å². The Kier molecular flexibility index (Phi) is 6.69. The molecular weight excluding hydrogens is 290 g/mol. The first-order valence-electron chi connectivity index (χ1n) is 7.05. The van der Waals surface area contributed by atoms with Crippen molar-refractivity contribution in [1.82, 2.24) is 5.32 Å². The molecule has 0 saturated carbocycles. The molecule has 0 aromatic heterocycles. The molecule has 116 valence electrons. The van der Waals surface area contributed by atoms with Gasteiger partial charge in [0.05, 0.1) is 18.6 Å². The number of carbonyl (C=O) groups excluding carboxylic acids is 2. The van der Waals surface area contributed by atoms with Gasteiger partial charge in [-0.2, -0.15) is 0 Å². The van der Waals surface area contributed by atoms with Crippen LogP contribution in [0, 0.1) is 5.92 Å². The first-order valence-corrected chi connectivity index (χ1v) is 7.43. The zero-order valence-corrected chi connectivity index (χ0v) is 13.6. The summed E-state index contributed by atoms with van der Waals surface area (Å²) in [4.78, 5) is 23.8. The van der Waals surface area contributed by atoms with Crippen LogP contribution in [0.15, 0.2) is 24.3 Å². The van der Waals surface area contributed by atoms with Crippen LogP contribution in [0.2, 0.25) is 5.02 Å². The summed E-state index contributed by atoms with van der Waals surface area (Å²) in [5.74, 6) is -0.660. The van der Waals surface area contributed by atoms with Crippen LogP contribution in [0.1, 0.15) is 45.7 Å². The monoisotopic (exact) mass is 311 g/mol. The summed E-state index contributed by atoms with van der Waals surface area (Å²) >= 11 is 6.17. The summed E-state index contributed by atoms with van der Waals surface area (Å²) in [7, 11) is 0. The molecule has 1 aromatic carbocycles. The molecule has 1 rings (SSSR count). The Morgan fingerprint density at radius 1 is 1.19 bits per heavy atom. The standard InChI is InChI=1S/C16H22ClNO3/c1-10(2)16(20)18-14(9-15(19)21-11(3)4)12-7-5-6-8-13(12)17/h5-8,10-11,14H,9H2,1-4H3,(H,18,20). The Hall–Kier alpha value is -1.55. The number of hydrogen-bond acceptors (Lipinski definition) is 3. The highest BCUT2D eigenvalue weighted by Crippen LogP contribution is 2.26. The minimum Gasteiger partial charge on any atom is -0.463 e. The van der Waals surface area contributed by atoms with Crippen LogP contribution in [-0.2, 0) is 14.3 Å². The van der Waals surface area contributed by atoms with Gasteiger partial charge in [-0.1, -0.05) is 43.6 Å². The number of nitrogens with one attached hydrogen (secondary N) is 1. The second kappa shape index (κ2) is 8.03. The molecule has 4 nitrogen and oxygen atoms in total. The number of hydrogen-bond donors (Lipinski definition) is 1. The van der Waals surface area contributed by atoms with Crippen molar-refractivity contribution in [3.05, 3.63) is 34.9 Å². The van der Waals surface area contributed by atoms with Gasteiger partial charge in [0, 0.05) is 10.9 Å². The van der Waals surface area contributed by atoms with E-state index in [2.05, 4.69) is 5.32 Å². The van der Waals surface area contributed by atoms with Crippen LogP contribution < -0.4 is 5.32 Å². The van der Waals surface area contributed by atoms with Crippen LogP contribution in [0.5, 0.6) is 0 Å². The van der Waals surface area contributed by atoms with E-state index in [-0.39, 0.29) is 30.3 Å². The molecule has 21 heavy (non-hydrogen) atoms. The van der Waals surface area contributed by atoms with Crippen LogP contribution >= 0.6 is 11.6 Å². The van der Waals surface area contributed by atoms with Crippen molar-refractivity contribution in [3.63, 3.8) is 0 Å². The zero-order valence-electron chi connectivity index (χ0n) is 12.9. The number of ether oxygens (including phenoxy) is 1. The molecule has 0 aliphatic carbocycles. The molecule has 1 unspecified atom stereocenters. The molecule has 1 amide bonds. The van der Waals surface area contributed by atoms with Gasteiger partial charge >= 0.3 is 5.97 Å². The Labute approximate surface area is 130 Å². The fourth-order valence-corrected chi connectivity index (χ4v) is 2.08. The van der Waals surface area contributed by atoms with Gasteiger partial charge < -0.3 is 10.1 Å². The van der Waals surface area contributed by atoms with Gasteiger partial charge in [0.2, 0.25) is 5.91 Å². The maximum atomic E-state index is 11.9. The van der Waals surface area contributed by atoms with Gasteiger partial charge in [-0.3, -0.25) is 9.59 Å². The predicted molar refractivity (Wildman–Crippen MR) is 83.0 cm³/mol. The van der Waals surface area contributed by atoms with E-state index in [1.807, 2.05) is 6.07 Å². The van der Waals surface area contributed by atoms with E-state index in [4.69, 9.17) is 16.3 Å². The molecule has 1 aromatic rings. The fourth-order valence-electron chi connectivity index (χ4n) is 1.81. The third-order valence-corrected chi connectivity index (χ3v) is 3.20. The number of benzene rings is 1. The third kappa shape index (κ3) is 5.76. The lowest BCUT2D eigenvalue weighted by Gasteiger charge is -2.21. The van der Waals surface area contributed by atoms with Crippen molar-refractivity contribution in [2.75, 3.05) is 0 Å². The Morgan fingerprint density at radius 2 is 1.81 bits per heavy atom. The molecule has 1 atom stereocenters. The Morgan fingerprint density at radius 3 is 2.33 bits per heavy atom. The summed E-state index contributed by atoms with van der Waals surface area (Å²) in [6, 6.07) is 6.68. The lowest BCUT2D eigenvalue weighted by atomic mass is 10.0. The maximum Gasteiger partial charge on any atom is 0.308 e. The van der Waals surface area contributed by atoms with Crippen molar-refractivity contribution >= 4 is 23.5 Å². The smallest absolute Gasteiger partial charge is 0.308 e. The molecule has 0 heterocycles. The van der Waals surface area contributed by atoms with Crippen molar-refractivity contribution < 1.29 is 14.3 Å². The Bertz CT molecular complexity index is 500. The van der Waals surface area contributed by atoms with Crippen molar-refractivity contribution in [2.45, 2.75) is 46.3 Å². The summed E-state index contributed by atoms with van der Waals surface area (Å²) in [5, 5.41) is 3.37. The highest BCUT2D eigenvalue weighted by Gasteiger charge is 2.22. The molecule has 0 spiro atoms. The molecule has 0 radical (unpaired) electrons. The lowest BCUT2D eigenvalue weighted by molar-refractivity contribution is -0.148. The van der Waals surface area contributed by atoms with E-state index in [1.165, 1.54) is 0 Å². The van der Waals surface area contributed by atoms with Gasteiger partial charge in [0.1, 0.15) is 0 Å². The number of rotatable bonds is 6. The second-order valence-electron chi connectivity index (χ2n) is 5.48. The minimum atomic E-state index is -0.486. The zero-order chi connectivity index (χ0) is 16.0. The summed E-state index contributed by atoms with van der Waals surface area (Å²) in [6.07, 6.45) is -0.134. The third-order valence-electron chi connectivity index (χ3n) is 2.86. The van der Waals surface area contributed by atoms with Crippen molar-refractivity contribution in [1.29, 1.82) is 0 Å². The second-order valence-corrected chi connectivity index (χ2v) is 5.89. The minimum absolute atomic E-state index is 0.0559. The highest BCUT2D eigenvalue weighted by molar-refractivity contribution is 6.31. The van der Waals surface area contributed by atoms with E-state index < -0.39 is 6.04 Å². The highest BCUT2D eigenvalue weighted by atomic mass is 35.5. The van der Waals surface area contributed by atoms with Crippen molar-refractivity contribution in [3.8, 4) is 0 Å².